The first kappa shape index (κ1) is 14.3. The van der Waals surface area contributed by atoms with Crippen LogP contribution in [-0.2, 0) is 4.74 Å². The van der Waals surface area contributed by atoms with Crippen LogP contribution in [0.15, 0.2) is 12.8 Å². The molecule has 0 aliphatic heterocycles. The third-order valence-corrected chi connectivity index (χ3v) is 1.65. The highest BCUT2D eigenvalue weighted by Crippen LogP contribution is 2.11. The maximum atomic E-state index is 5.38. The molecule has 2 nitrogen and oxygen atoms in total. The first-order valence-corrected chi connectivity index (χ1v) is 4.09. The van der Waals surface area contributed by atoms with Gasteiger partial charge in [0.2, 0.25) is 6.23 Å². The summed E-state index contributed by atoms with van der Waals surface area (Å²) in [4.78, 5) is 0. The van der Waals surface area contributed by atoms with Gasteiger partial charge in [0.1, 0.15) is 0 Å². The highest BCUT2D eigenvalue weighted by Gasteiger charge is 2.22. The molecule has 0 saturated carbocycles. The largest absolute Gasteiger partial charge is 1.00 e. The molecule has 0 bridgehead atoms. The summed E-state index contributed by atoms with van der Waals surface area (Å²) in [5.74, 6) is 0. The molecule has 1 atom stereocenters. The molecule has 0 heterocycles. The van der Waals surface area contributed by atoms with E-state index in [2.05, 4.69) is 34.6 Å². The minimum atomic E-state index is 0. The Balaban J connectivity index is 0. The van der Waals surface area contributed by atoms with Crippen molar-refractivity contribution < 1.29 is 21.6 Å². The molecule has 0 aromatic carbocycles. The number of hydrogen-bond acceptors (Lipinski definition) is 1. The van der Waals surface area contributed by atoms with Gasteiger partial charge in [-0.3, -0.25) is 4.48 Å². The van der Waals surface area contributed by atoms with Crippen molar-refractivity contribution in [3.8, 4) is 0 Å². The van der Waals surface area contributed by atoms with Crippen LogP contribution in [0.4, 0.5) is 0 Å². The molecular weight excluding hydrogens is 174 g/mol. The topological polar surface area (TPSA) is 9.23 Å². The number of nitrogens with zero attached hydrogens (tertiary/aromatic N) is 1. The molecular formula is C9H20ClNO. The highest BCUT2D eigenvalue weighted by molar-refractivity contribution is 4.53. The van der Waals surface area contributed by atoms with Gasteiger partial charge in [-0.15, -0.1) is 0 Å². The van der Waals surface area contributed by atoms with E-state index in [1.165, 1.54) is 6.26 Å². The van der Waals surface area contributed by atoms with E-state index in [4.69, 9.17) is 4.74 Å². The quantitative estimate of drug-likeness (QED) is 0.309. The van der Waals surface area contributed by atoms with Gasteiger partial charge in [-0.2, -0.15) is 0 Å². The van der Waals surface area contributed by atoms with Crippen molar-refractivity contribution in [3.05, 3.63) is 12.8 Å². The monoisotopic (exact) mass is 193 g/mol. The predicted molar refractivity (Wildman–Crippen MR) is 48.0 cm³/mol. The van der Waals surface area contributed by atoms with Crippen LogP contribution in [0.2, 0.25) is 0 Å². The van der Waals surface area contributed by atoms with E-state index >= 15 is 0 Å². The van der Waals surface area contributed by atoms with Gasteiger partial charge in [0.25, 0.3) is 0 Å². The molecule has 0 rings (SSSR count). The second kappa shape index (κ2) is 6.32. The summed E-state index contributed by atoms with van der Waals surface area (Å²) in [6.45, 7) is 5.73. The fraction of sp³-hybridized carbons (Fsp3) is 0.778. The van der Waals surface area contributed by atoms with Crippen molar-refractivity contribution >= 4 is 0 Å². The molecule has 1 unspecified atom stereocenters. The van der Waals surface area contributed by atoms with Crippen molar-refractivity contribution in [1.29, 1.82) is 0 Å². The second-order valence-electron chi connectivity index (χ2n) is 3.66. The van der Waals surface area contributed by atoms with Crippen LogP contribution in [-0.4, -0.2) is 31.9 Å². The maximum absolute atomic E-state index is 5.38. The lowest BCUT2D eigenvalue weighted by Crippen LogP contribution is -3.00. The summed E-state index contributed by atoms with van der Waals surface area (Å²) in [6.07, 6.45) is 4.00. The number of halogens is 1. The molecule has 12 heavy (non-hydrogen) atoms. The molecule has 74 valence electrons. The molecule has 0 aromatic rings. The van der Waals surface area contributed by atoms with E-state index in [0.717, 1.165) is 17.3 Å². The summed E-state index contributed by atoms with van der Waals surface area (Å²) in [6, 6.07) is 0. The van der Waals surface area contributed by atoms with Gasteiger partial charge in [0.05, 0.1) is 27.4 Å². The van der Waals surface area contributed by atoms with Crippen molar-refractivity contribution in [2.45, 2.75) is 26.0 Å². The Morgan fingerprint density at radius 2 is 1.92 bits per heavy atom. The van der Waals surface area contributed by atoms with Gasteiger partial charge in [-0.25, -0.2) is 0 Å². The highest BCUT2D eigenvalue weighted by atomic mass is 35.5. The Kier molecular flexibility index (Phi) is 7.54. The summed E-state index contributed by atoms with van der Waals surface area (Å²) in [5.41, 5.74) is 0. The van der Waals surface area contributed by atoms with E-state index in [1.54, 1.807) is 0 Å². The predicted octanol–water partition coefficient (Wildman–Crippen LogP) is -1.02. The lowest BCUT2D eigenvalue weighted by Gasteiger charge is -2.32. The zero-order chi connectivity index (χ0) is 8.91. The summed E-state index contributed by atoms with van der Waals surface area (Å²) < 4.78 is 6.22. The Hall–Kier alpha value is -0.210. The molecule has 0 N–H and O–H groups in total. The summed E-state index contributed by atoms with van der Waals surface area (Å²) in [7, 11) is 6.39. The fourth-order valence-corrected chi connectivity index (χ4v) is 0.996. The van der Waals surface area contributed by atoms with E-state index in [-0.39, 0.29) is 18.6 Å². The number of quaternary nitrogens is 1. The Bertz CT molecular complexity index is 120. The van der Waals surface area contributed by atoms with Gasteiger partial charge in [-0.1, -0.05) is 13.5 Å². The van der Waals surface area contributed by atoms with Crippen LogP contribution in [0.25, 0.3) is 0 Å². The lowest BCUT2D eigenvalue weighted by atomic mass is 10.2. The van der Waals surface area contributed by atoms with Gasteiger partial charge in [0, 0.05) is 6.42 Å². The van der Waals surface area contributed by atoms with Gasteiger partial charge < -0.3 is 17.1 Å². The standard InChI is InChI=1S/C9H20NO.ClH/c1-6-8-9(11-7-2)10(3,4)5;/h7,9H,2,6,8H2,1,3-5H3;1H/q+1;/p-1. The van der Waals surface area contributed by atoms with Gasteiger partial charge in [0.15, 0.2) is 0 Å². The molecule has 0 aliphatic carbocycles. The lowest BCUT2D eigenvalue weighted by molar-refractivity contribution is -0.918. The number of ether oxygens (including phenoxy) is 1. The van der Waals surface area contributed by atoms with Crippen molar-refractivity contribution in [1.82, 2.24) is 0 Å². The van der Waals surface area contributed by atoms with E-state index in [1.807, 2.05) is 0 Å². The van der Waals surface area contributed by atoms with Crippen LogP contribution in [0.3, 0.4) is 0 Å². The van der Waals surface area contributed by atoms with Gasteiger partial charge >= 0.3 is 0 Å². The normalized spacial score (nSPS) is 13.0. The third-order valence-electron chi connectivity index (χ3n) is 1.65. The first-order valence-electron chi connectivity index (χ1n) is 4.09. The molecule has 0 saturated heterocycles. The van der Waals surface area contributed by atoms with Crippen LogP contribution < -0.4 is 12.4 Å². The maximum Gasteiger partial charge on any atom is 0.232 e. The van der Waals surface area contributed by atoms with Crippen LogP contribution in [0.5, 0.6) is 0 Å². The molecule has 3 heteroatoms. The van der Waals surface area contributed by atoms with Crippen LogP contribution in [0, 0.1) is 0 Å². The van der Waals surface area contributed by atoms with E-state index < -0.39 is 0 Å². The average molecular weight is 194 g/mol. The van der Waals surface area contributed by atoms with E-state index in [9.17, 15) is 0 Å². The minimum Gasteiger partial charge on any atom is -1.00 e. The molecule has 0 spiro atoms. The Morgan fingerprint density at radius 1 is 1.42 bits per heavy atom. The Morgan fingerprint density at radius 3 is 2.17 bits per heavy atom. The zero-order valence-electron chi connectivity index (χ0n) is 8.51. The average Bonchev–Trinajstić information content (AvgIpc) is 1.85. The molecule has 0 aliphatic rings. The molecule has 0 radical (unpaired) electrons. The minimum absolute atomic E-state index is 0. The summed E-state index contributed by atoms with van der Waals surface area (Å²) in [5, 5.41) is 0. The smallest absolute Gasteiger partial charge is 0.232 e. The van der Waals surface area contributed by atoms with Crippen LogP contribution in [0.1, 0.15) is 19.8 Å². The summed E-state index contributed by atoms with van der Waals surface area (Å²) >= 11 is 0. The van der Waals surface area contributed by atoms with E-state index in [0.29, 0.717) is 0 Å². The molecule has 0 aromatic heterocycles. The Labute approximate surface area is 82.2 Å². The van der Waals surface area contributed by atoms with Crippen molar-refractivity contribution in [3.63, 3.8) is 0 Å². The van der Waals surface area contributed by atoms with Crippen LogP contribution >= 0.6 is 0 Å². The second-order valence-corrected chi connectivity index (χ2v) is 3.66. The van der Waals surface area contributed by atoms with Gasteiger partial charge in [-0.05, 0) is 6.42 Å². The van der Waals surface area contributed by atoms with Crippen molar-refractivity contribution in [2.75, 3.05) is 21.1 Å². The number of hydrogen-bond donors (Lipinski definition) is 0. The van der Waals surface area contributed by atoms with Crippen molar-refractivity contribution in [2.24, 2.45) is 0 Å². The molecule has 0 amide bonds. The zero-order valence-corrected chi connectivity index (χ0v) is 9.27. The number of rotatable bonds is 5. The fourth-order valence-electron chi connectivity index (χ4n) is 0.996. The molecule has 0 fully saturated rings. The SMILES string of the molecule is C=COC(CCC)[N+](C)(C)C.[Cl-]. The first-order chi connectivity index (χ1) is 5.02. The third kappa shape index (κ3) is 5.44.